The van der Waals surface area contributed by atoms with E-state index in [1.54, 1.807) is 12.1 Å². The molecular weight excluding hydrogens is 309 g/mol. The van der Waals surface area contributed by atoms with Crippen molar-refractivity contribution in [1.82, 2.24) is 5.32 Å². The third kappa shape index (κ3) is 4.87. The highest BCUT2D eigenvalue weighted by Gasteiger charge is 2.25. The van der Waals surface area contributed by atoms with E-state index in [4.69, 9.17) is 23.2 Å². The normalized spacial score (nSPS) is 22.0. The summed E-state index contributed by atoms with van der Waals surface area (Å²) < 4.78 is 0. The summed E-state index contributed by atoms with van der Waals surface area (Å²) in [6, 6.07) is 5.44. The largest absolute Gasteiger partial charge is 0.396 e. The number of amides is 1. The van der Waals surface area contributed by atoms with Gasteiger partial charge >= 0.3 is 0 Å². The number of nitrogens with one attached hydrogen (secondary N) is 1. The second-order valence-electron chi connectivity index (χ2n) is 5.64. The molecule has 2 N–H and O–H groups in total. The van der Waals surface area contributed by atoms with Crippen molar-refractivity contribution < 1.29 is 9.90 Å². The van der Waals surface area contributed by atoms with E-state index in [1.165, 1.54) is 0 Å². The second kappa shape index (κ2) is 8.02. The van der Waals surface area contributed by atoms with Gasteiger partial charge in [0.2, 0.25) is 5.91 Å². The first-order valence-electron chi connectivity index (χ1n) is 7.44. The number of halogens is 2. The molecule has 0 aromatic heterocycles. The van der Waals surface area contributed by atoms with Crippen LogP contribution >= 0.6 is 23.2 Å². The van der Waals surface area contributed by atoms with Crippen molar-refractivity contribution in [3.8, 4) is 0 Å². The zero-order chi connectivity index (χ0) is 15.2. The summed E-state index contributed by atoms with van der Waals surface area (Å²) in [5.41, 5.74) is 0.929. The Bertz CT molecular complexity index is 493. The highest BCUT2D eigenvalue weighted by Crippen LogP contribution is 2.25. The summed E-state index contributed by atoms with van der Waals surface area (Å²) in [6.07, 6.45) is 5.19. The van der Waals surface area contributed by atoms with E-state index in [-0.39, 0.29) is 24.5 Å². The van der Waals surface area contributed by atoms with Crippen LogP contribution < -0.4 is 5.32 Å². The molecule has 1 aromatic rings. The molecule has 1 saturated carbocycles. The van der Waals surface area contributed by atoms with Crippen molar-refractivity contribution in [2.45, 2.75) is 44.6 Å². The van der Waals surface area contributed by atoms with E-state index in [9.17, 15) is 9.90 Å². The minimum absolute atomic E-state index is 0.0198. The van der Waals surface area contributed by atoms with Gasteiger partial charge in [0, 0.05) is 35.0 Å². The molecule has 1 aliphatic rings. The molecular formula is C16H21Cl2NO2. The predicted molar refractivity (Wildman–Crippen MR) is 85.8 cm³/mol. The number of aryl methyl sites for hydroxylation is 1. The maximum atomic E-state index is 12.1. The van der Waals surface area contributed by atoms with Gasteiger partial charge in [-0.15, -0.1) is 0 Å². The molecule has 116 valence electrons. The fourth-order valence-corrected chi connectivity index (χ4v) is 3.37. The number of carbonyl (C=O) groups excluding carboxylic acids is 1. The van der Waals surface area contributed by atoms with Gasteiger partial charge in [0.25, 0.3) is 0 Å². The lowest BCUT2D eigenvalue weighted by Gasteiger charge is -2.30. The van der Waals surface area contributed by atoms with Gasteiger partial charge in [0.05, 0.1) is 0 Å². The summed E-state index contributed by atoms with van der Waals surface area (Å²) in [5, 5.41) is 13.6. The van der Waals surface area contributed by atoms with Crippen molar-refractivity contribution in [1.29, 1.82) is 0 Å². The molecule has 0 aliphatic heterocycles. The maximum absolute atomic E-state index is 12.1. The molecule has 3 nitrogen and oxygen atoms in total. The van der Waals surface area contributed by atoms with Crippen LogP contribution in [0.25, 0.3) is 0 Å². The monoisotopic (exact) mass is 329 g/mol. The minimum atomic E-state index is 0.0198. The molecule has 0 heterocycles. The highest BCUT2D eigenvalue weighted by atomic mass is 35.5. The van der Waals surface area contributed by atoms with Gasteiger partial charge in [-0.25, -0.2) is 0 Å². The van der Waals surface area contributed by atoms with Crippen LogP contribution in [0, 0.1) is 5.92 Å². The smallest absolute Gasteiger partial charge is 0.220 e. The lowest BCUT2D eigenvalue weighted by atomic mass is 9.85. The fourth-order valence-electron chi connectivity index (χ4n) is 2.87. The number of carbonyl (C=O) groups is 1. The molecule has 0 unspecified atom stereocenters. The Morgan fingerprint density at radius 2 is 2.05 bits per heavy atom. The summed E-state index contributed by atoms with van der Waals surface area (Å²) in [5.74, 6) is 0.216. The summed E-state index contributed by atoms with van der Waals surface area (Å²) in [7, 11) is 0. The van der Waals surface area contributed by atoms with Crippen LogP contribution in [0.2, 0.25) is 10.0 Å². The number of benzene rings is 1. The molecule has 0 bridgehead atoms. The van der Waals surface area contributed by atoms with E-state index >= 15 is 0 Å². The zero-order valence-corrected chi connectivity index (χ0v) is 13.5. The Balaban J connectivity index is 1.84. The van der Waals surface area contributed by atoms with Crippen molar-refractivity contribution in [2.75, 3.05) is 6.61 Å². The van der Waals surface area contributed by atoms with E-state index in [1.807, 2.05) is 6.07 Å². The standard InChI is InChI=1S/C16H21Cl2NO2/c17-13-7-5-11(14(18)9-13)6-8-16(21)19-15-4-2-1-3-12(15)10-20/h5,7,9,12,15,20H,1-4,6,8,10H2,(H,19,21)/t12-,15+/m1/s1. The van der Waals surface area contributed by atoms with Crippen LogP contribution in [-0.4, -0.2) is 23.7 Å². The second-order valence-corrected chi connectivity index (χ2v) is 6.48. The minimum Gasteiger partial charge on any atom is -0.396 e. The number of aliphatic hydroxyl groups is 1. The van der Waals surface area contributed by atoms with Crippen molar-refractivity contribution in [3.63, 3.8) is 0 Å². The molecule has 2 atom stereocenters. The van der Waals surface area contributed by atoms with Gasteiger partial charge in [0.15, 0.2) is 0 Å². The first-order chi connectivity index (χ1) is 10.1. The number of aliphatic hydroxyl groups excluding tert-OH is 1. The molecule has 1 amide bonds. The highest BCUT2D eigenvalue weighted by molar-refractivity contribution is 6.35. The summed E-state index contributed by atoms with van der Waals surface area (Å²) in [6.45, 7) is 0.147. The van der Waals surface area contributed by atoms with Gasteiger partial charge in [-0.1, -0.05) is 42.1 Å². The average Bonchev–Trinajstić information content (AvgIpc) is 2.47. The number of hydrogen-bond donors (Lipinski definition) is 2. The fraction of sp³-hybridized carbons (Fsp3) is 0.562. The Hall–Kier alpha value is -0.770. The molecule has 1 aromatic carbocycles. The molecule has 1 aliphatic carbocycles. The van der Waals surface area contributed by atoms with Crippen LogP contribution in [-0.2, 0) is 11.2 Å². The Labute approximate surface area is 135 Å². The predicted octanol–water partition coefficient (Wildman–Crippen LogP) is 3.59. The first kappa shape index (κ1) is 16.6. The first-order valence-corrected chi connectivity index (χ1v) is 8.20. The average molecular weight is 330 g/mol. The molecule has 2 rings (SSSR count). The molecule has 5 heteroatoms. The van der Waals surface area contributed by atoms with Gasteiger partial charge in [-0.05, 0) is 37.0 Å². The quantitative estimate of drug-likeness (QED) is 0.867. The van der Waals surface area contributed by atoms with Crippen molar-refractivity contribution in [3.05, 3.63) is 33.8 Å². The molecule has 1 fully saturated rings. The van der Waals surface area contributed by atoms with Crippen LogP contribution in [0.4, 0.5) is 0 Å². The van der Waals surface area contributed by atoms with E-state index in [2.05, 4.69) is 5.32 Å². The van der Waals surface area contributed by atoms with Gasteiger partial charge in [0.1, 0.15) is 0 Å². The lowest BCUT2D eigenvalue weighted by Crippen LogP contribution is -2.43. The van der Waals surface area contributed by atoms with E-state index < -0.39 is 0 Å². The van der Waals surface area contributed by atoms with Crippen LogP contribution in [0.3, 0.4) is 0 Å². The number of rotatable bonds is 5. The summed E-state index contributed by atoms with van der Waals surface area (Å²) in [4.78, 5) is 12.1. The lowest BCUT2D eigenvalue weighted by molar-refractivity contribution is -0.122. The van der Waals surface area contributed by atoms with Crippen LogP contribution in [0.15, 0.2) is 18.2 Å². The molecule has 0 saturated heterocycles. The Kier molecular flexibility index (Phi) is 6.34. The van der Waals surface area contributed by atoms with Gasteiger partial charge < -0.3 is 10.4 Å². The SMILES string of the molecule is O=C(CCc1ccc(Cl)cc1Cl)N[C@H]1CCCC[C@@H]1CO. The molecule has 0 spiro atoms. The summed E-state index contributed by atoms with van der Waals surface area (Å²) >= 11 is 12.0. The van der Waals surface area contributed by atoms with Crippen molar-refractivity contribution >= 4 is 29.1 Å². The third-order valence-electron chi connectivity index (χ3n) is 4.13. The molecule has 0 radical (unpaired) electrons. The van der Waals surface area contributed by atoms with Crippen LogP contribution in [0.1, 0.15) is 37.7 Å². The number of hydrogen-bond acceptors (Lipinski definition) is 2. The Morgan fingerprint density at radius 3 is 2.76 bits per heavy atom. The zero-order valence-electron chi connectivity index (χ0n) is 11.9. The topological polar surface area (TPSA) is 49.3 Å². The van der Waals surface area contributed by atoms with E-state index in [0.29, 0.717) is 22.9 Å². The van der Waals surface area contributed by atoms with Gasteiger partial charge in [-0.2, -0.15) is 0 Å². The van der Waals surface area contributed by atoms with Gasteiger partial charge in [-0.3, -0.25) is 4.79 Å². The van der Waals surface area contributed by atoms with E-state index in [0.717, 1.165) is 31.2 Å². The third-order valence-corrected chi connectivity index (χ3v) is 4.71. The molecule has 21 heavy (non-hydrogen) atoms. The van der Waals surface area contributed by atoms with Crippen molar-refractivity contribution in [2.24, 2.45) is 5.92 Å². The van der Waals surface area contributed by atoms with Crippen LogP contribution in [0.5, 0.6) is 0 Å². The Morgan fingerprint density at radius 1 is 1.29 bits per heavy atom. The maximum Gasteiger partial charge on any atom is 0.220 e.